The van der Waals surface area contributed by atoms with E-state index < -0.39 is 0 Å². The van der Waals surface area contributed by atoms with Crippen molar-refractivity contribution >= 4 is 21.8 Å². The van der Waals surface area contributed by atoms with Gasteiger partial charge in [0.25, 0.3) is 5.91 Å². The molecule has 1 aromatic rings. The minimum Gasteiger partial charge on any atom is -0.338 e. The van der Waals surface area contributed by atoms with E-state index >= 15 is 0 Å². The van der Waals surface area contributed by atoms with E-state index in [0.717, 1.165) is 12.8 Å². The number of carbonyl (C=O) groups excluding carboxylic acids is 1. The fraction of sp³-hybridized carbons (Fsp3) is 0.636. The highest BCUT2D eigenvalue weighted by atomic mass is 79.9. The molecule has 1 fully saturated rings. The van der Waals surface area contributed by atoms with Gasteiger partial charge in [-0.2, -0.15) is 5.10 Å². The number of amides is 1. The first-order chi connectivity index (χ1) is 7.70. The second-order valence-corrected chi connectivity index (χ2v) is 5.45. The fourth-order valence-electron chi connectivity index (χ4n) is 2.22. The van der Waals surface area contributed by atoms with Gasteiger partial charge in [0, 0.05) is 24.1 Å². The number of carbonyl (C=O) groups is 1. The molecule has 1 saturated carbocycles. The number of hydrogen-bond donors (Lipinski definition) is 1. The second-order valence-electron chi connectivity index (χ2n) is 4.27. The van der Waals surface area contributed by atoms with E-state index in [0.29, 0.717) is 16.4 Å². The lowest BCUT2D eigenvalue weighted by molar-refractivity contribution is 0.0705. The van der Waals surface area contributed by atoms with Crippen LogP contribution in [0.2, 0.25) is 0 Å². The van der Waals surface area contributed by atoms with E-state index in [1.165, 1.54) is 12.8 Å². The second kappa shape index (κ2) is 4.99. The molecular formula is C11H16BrN3O. The molecule has 4 nitrogen and oxygen atoms in total. The van der Waals surface area contributed by atoms with Crippen molar-refractivity contribution in [2.24, 2.45) is 0 Å². The lowest BCUT2D eigenvalue weighted by Gasteiger charge is -2.35. The summed E-state index contributed by atoms with van der Waals surface area (Å²) >= 11 is 3.67. The van der Waals surface area contributed by atoms with Crippen LogP contribution >= 0.6 is 15.9 Å². The Morgan fingerprint density at radius 2 is 2.31 bits per heavy atom. The van der Waals surface area contributed by atoms with Crippen LogP contribution in [0.4, 0.5) is 0 Å². The molecule has 0 aliphatic heterocycles. The fourth-order valence-corrected chi connectivity index (χ4v) is 3.17. The molecule has 1 heterocycles. The predicted octanol–water partition coefficient (Wildman–Crippen LogP) is 2.19. The van der Waals surface area contributed by atoms with Gasteiger partial charge in [-0.3, -0.25) is 9.89 Å². The van der Waals surface area contributed by atoms with Gasteiger partial charge in [0.05, 0.1) is 11.8 Å². The molecule has 16 heavy (non-hydrogen) atoms. The number of rotatable bonds is 2. The maximum Gasteiger partial charge on any atom is 0.257 e. The van der Waals surface area contributed by atoms with E-state index in [1.54, 1.807) is 12.4 Å². The summed E-state index contributed by atoms with van der Waals surface area (Å²) in [7, 11) is 1.87. The van der Waals surface area contributed by atoms with Crippen LogP contribution in [0.25, 0.3) is 0 Å². The van der Waals surface area contributed by atoms with E-state index in [9.17, 15) is 4.79 Å². The number of nitrogens with one attached hydrogen (secondary N) is 1. The van der Waals surface area contributed by atoms with Crippen LogP contribution in [0.1, 0.15) is 36.0 Å². The molecule has 1 aliphatic rings. The topological polar surface area (TPSA) is 49.0 Å². The van der Waals surface area contributed by atoms with Crippen molar-refractivity contribution < 1.29 is 4.79 Å². The van der Waals surface area contributed by atoms with Crippen molar-refractivity contribution in [1.82, 2.24) is 15.1 Å². The lowest BCUT2D eigenvalue weighted by Crippen LogP contribution is -2.44. The largest absolute Gasteiger partial charge is 0.338 e. The highest BCUT2D eigenvalue weighted by molar-refractivity contribution is 9.09. The number of alkyl halides is 1. The smallest absolute Gasteiger partial charge is 0.257 e. The number of aromatic nitrogens is 2. The first kappa shape index (κ1) is 11.6. The third-order valence-corrected chi connectivity index (χ3v) is 4.28. The standard InChI is InChI=1S/C11H16BrN3O/c1-15(10-5-3-2-4-9(10)12)11(16)8-6-13-14-7-8/h6-7,9-10H,2-5H2,1H3,(H,13,14). The van der Waals surface area contributed by atoms with Crippen molar-refractivity contribution in [3.63, 3.8) is 0 Å². The first-order valence-electron chi connectivity index (χ1n) is 5.60. The zero-order valence-corrected chi connectivity index (χ0v) is 10.9. The van der Waals surface area contributed by atoms with Crippen LogP contribution in [0.3, 0.4) is 0 Å². The van der Waals surface area contributed by atoms with Crippen LogP contribution in [0, 0.1) is 0 Å². The van der Waals surface area contributed by atoms with Crippen molar-refractivity contribution in [3.8, 4) is 0 Å². The summed E-state index contributed by atoms with van der Waals surface area (Å²) in [5.41, 5.74) is 0.632. The molecule has 5 heteroatoms. The molecule has 2 unspecified atom stereocenters. The van der Waals surface area contributed by atoms with E-state index in [-0.39, 0.29) is 5.91 Å². The Kier molecular flexibility index (Phi) is 3.63. The minimum atomic E-state index is 0.0464. The van der Waals surface area contributed by atoms with Gasteiger partial charge in [-0.1, -0.05) is 28.8 Å². The zero-order chi connectivity index (χ0) is 11.5. The Balaban J connectivity index is 2.06. The van der Waals surface area contributed by atoms with E-state index in [1.807, 2.05) is 11.9 Å². The van der Waals surface area contributed by atoms with Crippen LogP contribution in [0.5, 0.6) is 0 Å². The summed E-state index contributed by atoms with van der Waals surface area (Å²) in [6.45, 7) is 0. The highest BCUT2D eigenvalue weighted by Gasteiger charge is 2.29. The first-order valence-corrected chi connectivity index (χ1v) is 6.51. The van der Waals surface area contributed by atoms with Crippen LogP contribution in [-0.4, -0.2) is 38.9 Å². The molecule has 0 aromatic carbocycles. The number of aromatic amines is 1. The average Bonchev–Trinajstić information content (AvgIpc) is 2.81. The SMILES string of the molecule is CN(C(=O)c1cn[nH]c1)C1CCCCC1Br. The Bertz CT molecular complexity index is 352. The lowest BCUT2D eigenvalue weighted by atomic mass is 9.94. The highest BCUT2D eigenvalue weighted by Crippen LogP contribution is 2.28. The molecule has 2 rings (SSSR count). The van der Waals surface area contributed by atoms with Gasteiger partial charge in [-0.25, -0.2) is 0 Å². The summed E-state index contributed by atoms with van der Waals surface area (Å²) in [5.74, 6) is 0.0464. The molecule has 1 amide bonds. The summed E-state index contributed by atoms with van der Waals surface area (Å²) in [5, 5.41) is 6.48. The summed E-state index contributed by atoms with van der Waals surface area (Å²) < 4.78 is 0. The molecule has 0 bridgehead atoms. The average molecular weight is 286 g/mol. The normalized spacial score (nSPS) is 25.4. The van der Waals surface area contributed by atoms with E-state index in [2.05, 4.69) is 26.1 Å². The molecule has 1 aliphatic carbocycles. The van der Waals surface area contributed by atoms with Crippen LogP contribution in [-0.2, 0) is 0 Å². The summed E-state index contributed by atoms with van der Waals surface area (Å²) in [6, 6.07) is 0.302. The van der Waals surface area contributed by atoms with Gasteiger partial charge >= 0.3 is 0 Å². The number of hydrogen-bond acceptors (Lipinski definition) is 2. The maximum atomic E-state index is 12.1. The molecule has 0 radical (unpaired) electrons. The van der Waals surface area contributed by atoms with Crippen LogP contribution < -0.4 is 0 Å². The predicted molar refractivity (Wildman–Crippen MR) is 65.7 cm³/mol. The molecule has 2 atom stereocenters. The molecular weight excluding hydrogens is 270 g/mol. The quantitative estimate of drug-likeness (QED) is 0.847. The van der Waals surface area contributed by atoms with Gasteiger partial charge in [-0.05, 0) is 12.8 Å². The minimum absolute atomic E-state index is 0.0464. The molecule has 1 N–H and O–H groups in total. The molecule has 1 aromatic heterocycles. The van der Waals surface area contributed by atoms with Crippen LogP contribution in [0.15, 0.2) is 12.4 Å². The third kappa shape index (κ3) is 2.29. The van der Waals surface area contributed by atoms with Gasteiger partial charge in [0.1, 0.15) is 0 Å². The summed E-state index contributed by atoms with van der Waals surface area (Å²) in [6.07, 6.45) is 7.90. The Hall–Kier alpha value is -0.840. The van der Waals surface area contributed by atoms with Gasteiger partial charge in [0.2, 0.25) is 0 Å². The van der Waals surface area contributed by atoms with Crippen molar-refractivity contribution in [3.05, 3.63) is 18.0 Å². The maximum absolute atomic E-state index is 12.1. The summed E-state index contributed by atoms with van der Waals surface area (Å²) in [4.78, 5) is 14.4. The van der Waals surface area contributed by atoms with Crippen molar-refractivity contribution in [2.45, 2.75) is 36.6 Å². The van der Waals surface area contributed by atoms with Crippen molar-refractivity contribution in [1.29, 1.82) is 0 Å². The molecule has 0 saturated heterocycles. The molecule has 0 spiro atoms. The Morgan fingerprint density at radius 1 is 1.56 bits per heavy atom. The van der Waals surface area contributed by atoms with Gasteiger partial charge in [0.15, 0.2) is 0 Å². The van der Waals surface area contributed by atoms with Crippen molar-refractivity contribution in [2.75, 3.05) is 7.05 Å². The number of H-pyrrole nitrogens is 1. The van der Waals surface area contributed by atoms with Gasteiger partial charge < -0.3 is 4.90 Å². The number of halogens is 1. The van der Waals surface area contributed by atoms with Gasteiger partial charge in [-0.15, -0.1) is 0 Å². The monoisotopic (exact) mass is 285 g/mol. The number of nitrogens with zero attached hydrogens (tertiary/aromatic N) is 2. The Labute approximate surface area is 104 Å². The zero-order valence-electron chi connectivity index (χ0n) is 9.32. The third-order valence-electron chi connectivity index (χ3n) is 3.21. The Morgan fingerprint density at radius 3 is 2.94 bits per heavy atom. The molecule has 88 valence electrons. The van der Waals surface area contributed by atoms with E-state index in [4.69, 9.17) is 0 Å².